The first-order chi connectivity index (χ1) is 16.1. The molecule has 2 aromatic rings. The molecule has 3 atom stereocenters. The van der Waals surface area contributed by atoms with Gasteiger partial charge in [-0.15, -0.1) is 0 Å². The summed E-state index contributed by atoms with van der Waals surface area (Å²) in [4.78, 5) is 37.9. The van der Waals surface area contributed by atoms with Gasteiger partial charge >= 0.3 is 0 Å². The van der Waals surface area contributed by atoms with Crippen LogP contribution >= 0.6 is 0 Å². The van der Waals surface area contributed by atoms with Gasteiger partial charge in [0.05, 0.1) is 30.6 Å². The summed E-state index contributed by atoms with van der Waals surface area (Å²) in [7, 11) is 1.80. The molecule has 1 unspecified atom stereocenters. The van der Waals surface area contributed by atoms with E-state index in [0.29, 0.717) is 43.6 Å². The summed E-state index contributed by atoms with van der Waals surface area (Å²) in [6, 6.07) is 3.50. The van der Waals surface area contributed by atoms with Crippen LogP contribution in [0.1, 0.15) is 42.5 Å². The molecule has 4 heterocycles. The zero-order valence-corrected chi connectivity index (χ0v) is 19.0. The van der Waals surface area contributed by atoms with Gasteiger partial charge < -0.3 is 23.8 Å². The number of carbonyl (C=O) groups is 2. The SMILES string of the molecule is CN(C(=O)c1ccc(OCC2CC2)nc1)C1CCN(C(=O)[C@@H]2CC[C@H](Cn3ccnc3)O2)C1. The van der Waals surface area contributed by atoms with Gasteiger partial charge in [-0.25, -0.2) is 9.97 Å². The van der Waals surface area contributed by atoms with E-state index in [4.69, 9.17) is 9.47 Å². The zero-order valence-electron chi connectivity index (χ0n) is 19.0. The van der Waals surface area contributed by atoms with Crippen LogP contribution in [0.25, 0.3) is 0 Å². The quantitative estimate of drug-likeness (QED) is 0.607. The Morgan fingerprint density at radius 3 is 2.82 bits per heavy atom. The molecule has 33 heavy (non-hydrogen) atoms. The second kappa shape index (κ2) is 9.51. The molecular formula is C24H31N5O4. The summed E-state index contributed by atoms with van der Waals surface area (Å²) in [5.74, 6) is 1.16. The average molecular weight is 454 g/mol. The number of imidazole rings is 1. The predicted octanol–water partition coefficient (Wildman–Crippen LogP) is 1.99. The lowest BCUT2D eigenvalue weighted by Crippen LogP contribution is -2.42. The Morgan fingerprint density at radius 2 is 2.09 bits per heavy atom. The van der Waals surface area contributed by atoms with Gasteiger partial charge in [0, 0.05) is 51.3 Å². The summed E-state index contributed by atoms with van der Waals surface area (Å²) in [5, 5.41) is 0. The first kappa shape index (κ1) is 21.9. The minimum absolute atomic E-state index is 0.0182. The van der Waals surface area contributed by atoms with Crippen molar-refractivity contribution in [2.45, 2.75) is 56.9 Å². The van der Waals surface area contributed by atoms with Gasteiger partial charge in [0.25, 0.3) is 11.8 Å². The van der Waals surface area contributed by atoms with Crippen molar-refractivity contribution >= 4 is 11.8 Å². The van der Waals surface area contributed by atoms with Crippen molar-refractivity contribution in [3.05, 3.63) is 42.6 Å². The fraction of sp³-hybridized carbons (Fsp3) is 0.583. The summed E-state index contributed by atoms with van der Waals surface area (Å²) in [6.45, 7) is 2.58. The summed E-state index contributed by atoms with van der Waals surface area (Å²) in [6.07, 6.45) is 11.4. The lowest BCUT2D eigenvalue weighted by atomic mass is 10.1. The number of likely N-dealkylation sites (tertiary alicyclic amines) is 1. The van der Waals surface area contributed by atoms with Gasteiger partial charge in [-0.2, -0.15) is 0 Å². The van der Waals surface area contributed by atoms with E-state index in [2.05, 4.69) is 9.97 Å². The summed E-state index contributed by atoms with van der Waals surface area (Å²) in [5.41, 5.74) is 0.530. The third-order valence-electron chi connectivity index (χ3n) is 6.85. The van der Waals surface area contributed by atoms with Gasteiger partial charge in [0.15, 0.2) is 0 Å². The van der Waals surface area contributed by atoms with Gasteiger partial charge in [0.1, 0.15) is 6.10 Å². The maximum absolute atomic E-state index is 13.0. The van der Waals surface area contributed by atoms with Crippen molar-refractivity contribution in [1.82, 2.24) is 24.3 Å². The monoisotopic (exact) mass is 453 g/mol. The first-order valence-electron chi connectivity index (χ1n) is 11.8. The predicted molar refractivity (Wildman–Crippen MR) is 120 cm³/mol. The van der Waals surface area contributed by atoms with Gasteiger partial charge in [0.2, 0.25) is 5.88 Å². The summed E-state index contributed by atoms with van der Waals surface area (Å²) >= 11 is 0. The maximum Gasteiger partial charge on any atom is 0.255 e. The van der Waals surface area contributed by atoms with Crippen LogP contribution in [0.2, 0.25) is 0 Å². The molecule has 0 bridgehead atoms. The topological polar surface area (TPSA) is 89.8 Å². The number of rotatable bonds is 8. The Balaban J connectivity index is 1.11. The highest BCUT2D eigenvalue weighted by molar-refractivity contribution is 5.94. The highest BCUT2D eigenvalue weighted by atomic mass is 16.5. The highest BCUT2D eigenvalue weighted by Crippen LogP contribution is 2.29. The van der Waals surface area contributed by atoms with E-state index in [1.807, 2.05) is 15.7 Å². The van der Waals surface area contributed by atoms with Crippen molar-refractivity contribution in [3.63, 3.8) is 0 Å². The molecule has 2 amide bonds. The maximum atomic E-state index is 13.0. The molecule has 0 spiro atoms. The molecule has 9 nitrogen and oxygen atoms in total. The Labute approximate surface area is 193 Å². The summed E-state index contributed by atoms with van der Waals surface area (Å²) < 4.78 is 13.7. The number of hydrogen-bond donors (Lipinski definition) is 0. The molecule has 2 aromatic heterocycles. The Bertz CT molecular complexity index is 960. The van der Waals surface area contributed by atoms with Crippen LogP contribution in [0.3, 0.4) is 0 Å². The molecule has 0 N–H and O–H groups in total. The molecule has 0 radical (unpaired) electrons. The molecule has 176 valence electrons. The number of nitrogens with zero attached hydrogens (tertiary/aromatic N) is 5. The van der Waals surface area contributed by atoms with Gasteiger partial charge in [-0.1, -0.05) is 0 Å². The van der Waals surface area contributed by atoms with E-state index >= 15 is 0 Å². The fourth-order valence-electron chi connectivity index (χ4n) is 4.56. The Kier molecular flexibility index (Phi) is 6.30. The van der Waals surface area contributed by atoms with Gasteiger partial charge in [-0.05, 0) is 44.1 Å². The van der Waals surface area contributed by atoms with E-state index in [1.54, 1.807) is 42.8 Å². The number of amides is 2. The normalized spacial score (nSPS) is 24.8. The zero-order chi connectivity index (χ0) is 22.8. The van der Waals surface area contributed by atoms with Crippen molar-refractivity contribution in [1.29, 1.82) is 0 Å². The fourth-order valence-corrected chi connectivity index (χ4v) is 4.56. The number of aromatic nitrogens is 3. The lowest BCUT2D eigenvalue weighted by molar-refractivity contribution is -0.142. The molecular weight excluding hydrogens is 422 g/mol. The Hall–Kier alpha value is -2.94. The van der Waals surface area contributed by atoms with E-state index in [0.717, 1.165) is 19.3 Å². The molecule has 5 rings (SSSR count). The number of likely N-dealkylation sites (N-methyl/N-ethyl adjacent to an activating group) is 1. The minimum Gasteiger partial charge on any atom is -0.477 e. The smallest absolute Gasteiger partial charge is 0.255 e. The van der Waals surface area contributed by atoms with E-state index in [-0.39, 0.29) is 24.0 Å². The average Bonchev–Trinajstić information content (AvgIpc) is 3.23. The van der Waals surface area contributed by atoms with Crippen molar-refractivity contribution < 1.29 is 19.1 Å². The second-order valence-corrected chi connectivity index (χ2v) is 9.37. The van der Waals surface area contributed by atoms with Gasteiger partial charge in [-0.3, -0.25) is 9.59 Å². The number of carbonyl (C=O) groups excluding carboxylic acids is 2. The lowest BCUT2D eigenvalue weighted by Gasteiger charge is -2.26. The number of ether oxygens (including phenoxy) is 2. The minimum atomic E-state index is -0.398. The molecule has 1 saturated carbocycles. The van der Waals surface area contributed by atoms with Crippen molar-refractivity contribution in [2.24, 2.45) is 5.92 Å². The first-order valence-corrected chi connectivity index (χ1v) is 11.8. The molecule has 3 aliphatic rings. The van der Waals surface area contributed by atoms with Crippen LogP contribution in [0.15, 0.2) is 37.1 Å². The number of hydrogen-bond acceptors (Lipinski definition) is 6. The largest absolute Gasteiger partial charge is 0.477 e. The van der Waals surface area contributed by atoms with Crippen LogP contribution in [-0.2, 0) is 16.1 Å². The van der Waals surface area contributed by atoms with Crippen LogP contribution in [0.5, 0.6) is 5.88 Å². The second-order valence-electron chi connectivity index (χ2n) is 9.37. The molecule has 1 aliphatic carbocycles. The molecule has 0 aromatic carbocycles. The standard InChI is InChI=1S/C24H31N5O4/c1-27(23(30)18-4-7-22(26-12-18)32-15-17-2-3-17)19-8-10-29(13-19)24(31)21-6-5-20(33-21)14-28-11-9-25-16-28/h4,7,9,11-12,16-17,19-21H,2-3,5-6,8,10,13-15H2,1H3/t19?,20-,21+/m1/s1. The number of pyridine rings is 1. The molecule has 3 fully saturated rings. The van der Waals surface area contributed by atoms with Crippen LogP contribution in [0.4, 0.5) is 0 Å². The van der Waals surface area contributed by atoms with Crippen molar-refractivity contribution in [2.75, 3.05) is 26.7 Å². The van der Waals surface area contributed by atoms with E-state index in [9.17, 15) is 9.59 Å². The van der Waals surface area contributed by atoms with Crippen molar-refractivity contribution in [3.8, 4) is 5.88 Å². The Morgan fingerprint density at radius 1 is 1.21 bits per heavy atom. The third kappa shape index (κ3) is 5.19. The van der Waals surface area contributed by atoms with Crippen LogP contribution < -0.4 is 4.74 Å². The molecule has 2 aliphatic heterocycles. The highest BCUT2D eigenvalue weighted by Gasteiger charge is 2.38. The van der Waals surface area contributed by atoms with E-state index < -0.39 is 6.10 Å². The molecule has 2 saturated heterocycles. The third-order valence-corrected chi connectivity index (χ3v) is 6.85. The van der Waals surface area contributed by atoms with Crippen LogP contribution in [0, 0.1) is 5.92 Å². The van der Waals surface area contributed by atoms with E-state index in [1.165, 1.54) is 12.8 Å². The molecule has 9 heteroatoms. The van der Waals surface area contributed by atoms with Crippen LogP contribution in [-0.4, -0.2) is 81.1 Å².